The average Bonchev–Trinajstić information content (AvgIpc) is 2.31. The highest BCUT2D eigenvalue weighted by molar-refractivity contribution is 5.33. The van der Waals surface area contributed by atoms with Crippen LogP contribution in [0, 0.1) is 17.0 Å². The lowest BCUT2D eigenvalue weighted by Gasteiger charge is -2.43. The summed E-state index contributed by atoms with van der Waals surface area (Å²) in [7, 11) is 0. The van der Waals surface area contributed by atoms with Crippen LogP contribution in [0.25, 0.3) is 0 Å². The van der Waals surface area contributed by atoms with Crippen molar-refractivity contribution in [2.45, 2.75) is 0 Å². The Labute approximate surface area is 95.8 Å². The summed E-state index contributed by atoms with van der Waals surface area (Å²) in [6.07, 6.45) is 0. The Morgan fingerprint density at radius 1 is 1.19 bits per heavy atom. The Morgan fingerprint density at radius 3 is 2.56 bits per heavy atom. The van der Waals surface area contributed by atoms with Crippen LogP contribution in [0.2, 0.25) is 0 Å². The van der Waals surface area contributed by atoms with Gasteiger partial charge in [-0.15, -0.1) is 0 Å². The zero-order valence-corrected chi connectivity index (χ0v) is 9.19. The number of hydrogen-bond acceptors (Lipinski definition) is 2. The van der Waals surface area contributed by atoms with Gasteiger partial charge in [-0.1, -0.05) is 24.1 Å². The lowest BCUT2D eigenvalue weighted by molar-refractivity contribution is -0.881. The summed E-state index contributed by atoms with van der Waals surface area (Å²) >= 11 is 0. The summed E-state index contributed by atoms with van der Waals surface area (Å²) in [4.78, 5) is 0. The van der Waals surface area contributed by atoms with E-state index in [4.69, 9.17) is 4.74 Å². The van der Waals surface area contributed by atoms with Gasteiger partial charge in [0, 0.05) is 5.56 Å². The van der Waals surface area contributed by atoms with Gasteiger partial charge in [-0.25, -0.2) is 0 Å². The lowest BCUT2D eigenvalue weighted by Crippen LogP contribution is -2.50. The maximum atomic E-state index is 12.1. The Morgan fingerprint density at radius 2 is 1.88 bits per heavy atom. The topological polar surface area (TPSA) is 32.3 Å². The fraction of sp³-hybridized carbons (Fsp3) is 0.385. The quantitative estimate of drug-likeness (QED) is 0.404. The second-order valence-electron chi connectivity index (χ2n) is 3.94. The van der Waals surface area contributed by atoms with E-state index in [0.717, 1.165) is 5.56 Å². The van der Waals surface area contributed by atoms with Gasteiger partial charge in [0.1, 0.15) is 19.6 Å². The summed E-state index contributed by atoms with van der Waals surface area (Å²) in [6, 6.07) is 9.73. The fourth-order valence-corrected chi connectivity index (χ4v) is 1.64. The monoisotopic (exact) mass is 217 g/mol. The molecule has 0 spiro atoms. The lowest BCUT2D eigenvalue weighted by atomic mass is 10.2. The van der Waals surface area contributed by atoms with Crippen LogP contribution in [0.5, 0.6) is 0 Å². The number of hydroxylamine groups is 3. The predicted octanol–water partition coefficient (Wildman–Crippen LogP) is 1.38. The summed E-state index contributed by atoms with van der Waals surface area (Å²) in [5, 5.41) is 12.1. The molecule has 1 heterocycles. The molecule has 1 aromatic carbocycles. The van der Waals surface area contributed by atoms with Gasteiger partial charge >= 0.3 is 0 Å². The van der Waals surface area contributed by atoms with Crippen molar-refractivity contribution in [3.8, 4) is 11.8 Å². The number of benzene rings is 1. The minimum atomic E-state index is -0.236. The van der Waals surface area contributed by atoms with Gasteiger partial charge in [0.15, 0.2) is 0 Å². The van der Waals surface area contributed by atoms with Crippen molar-refractivity contribution in [2.75, 3.05) is 32.8 Å². The molecule has 1 fully saturated rings. The SMILES string of the molecule is [O-][N+]1(CC#Cc2ccccc2)CCOCC1. The van der Waals surface area contributed by atoms with Crippen LogP contribution in [0.3, 0.4) is 0 Å². The molecule has 84 valence electrons. The fourth-order valence-electron chi connectivity index (χ4n) is 1.64. The van der Waals surface area contributed by atoms with Crippen LogP contribution >= 0.6 is 0 Å². The zero-order chi connectivity index (χ0) is 11.3. The van der Waals surface area contributed by atoms with Crippen LogP contribution in [0.1, 0.15) is 5.56 Å². The maximum absolute atomic E-state index is 12.1. The Balaban J connectivity index is 1.94. The molecular formula is C13H15NO2. The third kappa shape index (κ3) is 3.07. The molecule has 0 aliphatic carbocycles. The van der Waals surface area contributed by atoms with E-state index in [1.165, 1.54) is 0 Å². The van der Waals surface area contributed by atoms with Crippen LogP contribution in [0.4, 0.5) is 0 Å². The van der Waals surface area contributed by atoms with Crippen molar-refractivity contribution in [1.29, 1.82) is 0 Å². The number of quaternary nitrogens is 1. The molecule has 1 saturated heterocycles. The molecule has 0 atom stereocenters. The highest BCUT2D eigenvalue weighted by atomic mass is 16.6. The molecule has 0 saturated carbocycles. The highest BCUT2D eigenvalue weighted by Crippen LogP contribution is 2.07. The van der Waals surface area contributed by atoms with E-state index in [1.807, 2.05) is 30.3 Å². The predicted molar refractivity (Wildman–Crippen MR) is 62.4 cm³/mol. The van der Waals surface area contributed by atoms with Crippen molar-refractivity contribution in [2.24, 2.45) is 0 Å². The molecule has 3 heteroatoms. The first-order chi connectivity index (χ1) is 7.79. The largest absolute Gasteiger partial charge is 0.632 e. The van der Waals surface area contributed by atoms with Gasteiger partial charge in [0.2, 0.25) is 0 Å². The second-order valence-corrected chi connectivity index (χ2v) is 3.94. The molecule has 0 bridgehead atoms. The van der Waals surface area contributed by atoms with Crippen LogP contribution in [-0.2, 0) is 4.74 Å². The molecule has 0 unspecified atom stereocenters. The molecule has 0 aromatic heterocycles. The molecule has 0 amide bonds. The van der Waals surface area contributed by atoms with Crippen LogP contribution < -0.4 is 0 Å². The van der Waals surface area contributed by atoms with Crippen molar-refractivity contribution in [3.05, 3.63) is 41.1 Å². The Kier molecular flexibility index (Phi) is 3.58. The molecule has 2 rings (SSSR count). The molecule has 1 aliphatic heterocycles. The first-order valence-electron chi connectivity index (χ1n) is 5.47. The molecule has 0 radical (unpaired) electrons. The van der Waals surface area contributed by atoms with E-state index in [1.54, 1.807) is 0 Å². The summed E-state index contributed by atoms with van der Waals surface area (Å²) in [5.74, 6) is 5.98. The molecular weight excluding hydrogens is 202 g/mol. The normalized spacial score (nSPS) is 18.6. The molecule has 3 nitrogen and oxygen atoms in total. The van der Waals surface area contributed by atoms with E-state index in [9.17, 15) is 5.21 Å². The van der Waals surface area contributed by atoms with Gasteiger partial charge in [-0.05, 0) is 18.1 Å². The Hall–Kier alpha value is -1.34. The minimum absolute atomic E-state index is 0.236. The third-order valence-electron chi connectivity index (χ3n) is 2.66. The highest BCUT2D eigenvalue weighted by Gasteiger charge is 2.19. The van der Waals surface area contributed by atoms with E-state index in [-0.39, 0.29) is 4.65 Å². The first-order valence-corrected chi connectivity index (χ1v) is 5.47. The molecule has 1 aromatic rings. The number of hydrogen-bond donors (Lipinski definition) is 0. The smallest absolute Gasteiger partial charge is 0.141 e. The number of morpholine rings is 1. The number of ether oxygens (including phenoxy) is 1. The van der Waals surface area contributed by atoms with Crippen molar-refractivity contribution < 1.29 is 9.38 Å². The van der Waals surface area contributed by atoms with E-state index < -0.39 is 0 Å². The van der Waals surface area contributed by atoms with Gasteiger partial charge < -0.3 is 14.6 Å². The van der Waals surface area contributed by atoms with Gasteiger partial charge in [-0.2, -0.15) is 0 Å². The number of rotatable bonds is 1. The maximum Gasteiger partial charge on any atom is 0.141 e. The number of nitrogens with zero attached hydrogens (tertiary/aromatic N) is 1. The molecule has 1 aliphatic rings. The zero-order valence-electron chi connectivity index (χ0n) is 9.19. The van der Waals surface area contributed by atoms with Crippen molar-refractivity contribution in [1.82, 2.24) is 0 Å². The second kappa shape index (κ2) is 5.13. The summed E-state index contributed by atoms with van der Waals surface area (Å²) in [6.45, 7) is 2.50. The molecule has 16 heavy (non-hydrogen) atoms. The first kappa shape index (κ1) is 11.2. The van der Waals surface area contributed by atoms with Crippen LogP contribution in [-0.4, -0.2) is 37.5 Å². The van der Waals surface area contributed by atoms with E-state index in [0.29, 0.717) is 32.8 Å². The standard InChI is InChI=1S/C13H15NO2/c15-14(9-11-16-12-10-14)8-4-7-13-5-2-1-3-6-13/h1-3,5-6H,8-12H2. The summed E-state index contributed by atoms with van der Waals surface area (Å²) in [5.41, 5.74) is 0.961. The average molecular weight is 217 g/mol. The van der Waals surface area contributed by atoms with Crippen LogP contribution in [0.15, 0.2) is 30.3 Å². The summed E-state index contributed by atoms with van der Waals surface area (Å²) < 4.78 is 4.93. The minimum Gasteiger partial charge on any atom is -0.632 e. The third-order valence-corrected chi connectivity index (χ3v) is 2.66. The molecule has 0 N–H and O–H groups in total. The van der Waals surface area contributed by atoms with E-state index in [2.05, 4.69) is 11.8 Å². The van der Waals surface area contributed by atoms with Gasteiger partial charge in [0.05, 0.1) is 13.2 Å². The van der Waals surface area contributed by atoms with Gasteiger partial charge in [0.25, 0.3) is 0 Å². The van der Waals surface area contributed by atoms with E-state index >= 15 is 0 Å². The van der Waals surface area contributed by atoms with Crippen molar-refractivity contribution >= 4 is 0 Å². The Bertz CT molecular complexity index is 385. The van der Waals surface area contributed by atoms with Crippen molar-refractivity contribution in [3.63, 3.8) is 0 Å². The van der Waals surface area contributed by atoms with Gasteiger partial charge in [-0.3, -0.25) is 0 Å².